The van der Waals surface area contributed by atoms with Gasteiger partial charge in [-0.3, -0.25) is 9.59 Å². The lowest BCUT2D eigenvalue weighted by Crippen LogP contribution is -2.43. The third kappa shape index (κ3) is 4.20. The number of aromatic nitrogens is 4. The van der Waals surface area contributed by atoms with Crippen LogP contribution in [0.4, 0.5) is 17.3 Å². The molecule has 0 bridgehead atoms. The zero-order valence-corrected chi connectivity index (χ0v) is 16.3. The van der Waals surface area contributed by atoms with E-state index in [1.54, 1.807) is 38.5 Å². The molecule has 3 heterocycles. The van der Waals surface area contributed by atoms with Gasteiger partial charge in [0.05, 0.1) is 12.8 Å². The molecule has 11 heteroatoms. The van der Waals surface area contributed by atoms with E-state index in [-0.39, 0.29) is 23.3 Å². The SMILES string of the molecule is CNc1cc(Nc2cccn(C)c2=O)nc2c(C(=O)NCC(C)(O)CO)cnn12. The van der Waals surface area contributed by atoms with E-state index >= 15 is 0 Å². The van der Waals surface area contributed by atoms with Gasteiger partial charge in [0.1, 0.15) is 28.5 Å². The number of aryl methyl sites for hydroxylation is 1. The summed E-state index contributed by atoms with van der Waals surface area (Å²) in [5, 5.41) is 31.7. The molecule has 154 valence electrons. The number of anilines is 3. The predicted molar refractivity (Wildman–Crippen MR) is 108 cm³/mol. The second-order valence-electron chi connectivity index (χ2n) is 6.87. The van der Waals surface area contributed by atoms with Crippen LogP contribution in [0.1, 0.15) is 17.3 Å². The zero-order valence-electron chi connectivity index (χ0n) is 16.3. The van der Waals surface area contributed by atoms with Gasteiger partial charge in [-0.2, -0.15) is 9.61 Å². The van der Waals surface area contributed by atoms with Crippen molar-refractivity contribution in [3.63, 3.8) is 0 Å². The molecule has 1 unspecified atom stereocenters. The van der Waals surface area contributed by atoms with E-state index in [0.29, 0.717) is 17.3 Å². The van der Waals surface area contributed by atoms with E-state index in [4.69, 9.17) is 5.11 Å². The van der Waals surface area contributed by atoms with Crippen molar-refractivity contribution in [2.75, 3.05) is 30.8 Å². The fourth-order valence-corrected chi connectivity index (χ4v) is 2.62. The molecule has 5 N–H and O–H groups in total. The Kier molecular flexibility index (Phi) is 5.52. The van der Waals surface area contributed by atoms with Gasteiger partial charge < -0.3 is 30.7 Å². The minimum atomic E-state index is -1.44. The minimum Gasteiger partial charge on any atom is -0.393 e. The molecule has 0 aromatic carbocycles. The zero-order chi connectivity index (χ0) is 21.2. The van der Waals surface area contributed by atoms with Crippen LogP contribution in [0.5, 0.6) is 0 Å². The van der Waals surface area contributed by atoms with Crippen molar-refractivity contribution in [1.29, 1.82) is 0 Å². The number of rotatable bonds is 7. The Labute approximate surface area is 166 Å². The van der Waals surface area contributed by atoms with Crippen molar-refractivity contribution < 1.29 is 15.0 Å². The molecule has 3 rings (SSSR count). The Morgan fingerprint density at radius 1 is 1.38 bits per heavy atom. The van der Waals surface area contributed by atoms with Crippen LogP contribution in [-0.2, 0) is 7.05 Å². The first-order valence-corrected chi connectivity index (χ1v) is 8.86. The predicted octanol–water partition coefficient (Wildman–Crippen LogP) is -0.314. The van der Waals surface area contributed by atoms with Crippen molar-refractivity contribution in [2.45, 2.75) is 12.5 Å². The number of aliphatic hydroxyl groups excluding tert-OH is 1. The van der Waals surface area contributed by atoms with Crippen LogP contribution < -0.4 is 21.5 Å². The summed E-state index contributed by atoms with van der Waals surface area (Å²) in [6.45, 7) is 0.768. The Hall–Kier alpha value is -3.44. The summed E-state index contributed by atoms with van der Waals surface area (Å²) in [5.74, 6) is 0.393. The van der Waals surface area contributed by atoms with Crippen LogP contribution in [0.15, 0.2) is 35.4 Å². The number of carbonyl (C=O) groups excluding carboxylic acids is 1. The van der Waals surface area contributed by atoms with Gasteiger partial charge in [-0.1, -0.05) is 0 Å². The summed E-state index contributed by atoms with van der Waals surface area (Å²) in [6, 6.07) is 5.02. The topological polar surface area (TPSA) is 146 Å². The summed E-state index contributed by atoms with van der Waals surface area (Å²) >= 11 is 0. The number of hydrogen-bond donors (Lipinski definition) is 5. The molecule has 1 atom stereocenters. The van der Waals surface area contributed by atoms with E-state index in [1.165, 1.54) is 22.2 Å². The molecule has 11 nitrogen and oxygen atoms in total. The molecule has 3 aromatic rings. The van der Waals surface area contributed by atoms with Gasteiger partial charge >= 0.3 is 0 Å². The summed E-state index contributed by atoms with van der Waals surface area (Å²) in [5.41, 5.74) is -0.896. The van der Waals surface area contributed by atoms with Gasteiger partial charge in [0.2, 0.25) is 0 Å². The van der Waals surface area contributed by atoms with E-state index in [0.717, 1.165) is 0 Å². The maximum absolute atomic E-state index is 12.6. The van der Waals surface area contributed by atoms with E-state index in [9.17, 15) is 14.7 Å². The number of fused-ring (bicyclic) bond motifs is 1. The molecule has 3 aromatic heterocycles. The van der Waals surface area contributed by atoms with Gasteiger partial charge in [-0.05, 0) is 19.1 Å². The van der Waals surface area contributed by atoms with Gasteiger partial charge in [0.25, 0.3) is 11.5 Å². The van der Waals surface area contributed by atoms with E-state index < -0.39 is 18.1 Å². The lowest BCUT2D eigenvalue weighted by Gasteiger charge is -2.20. The van der Waals surface area contributed by atoms with Crippen LogP contribution in [0.3, 0.4) is 0 Å². The second kappa shape index (κ2) is 7.89. The summed E-state index contributed by atoms with van der Waals surface area (Å²) in [6.07, 6.45) is 3.00. The van der Waals surface area contributed by atoms with Gasteiger partial charge in [0, 0.05) is 32.9 Å². The lowest BCUT2D eigenvalue weighted by atomic mass is 10.1. The van der Waals surface area contributed by atoms with Crippen LogP contribution in [0.2, 0.25) is 0 Å². The molecule has 0 saturated carbocycles. The van der Waals surface area contributed by atoms with Crippen LogP contribution in [0, 0.1) is 0 Å². The Morgan fingerprint density at radius 3 is 2.83 bits per heavy atom. The van der Waals surface area contributed by atoms with E-state index in [2.05, 4.69) is 26.0 Å². The van der Waals surface area contributed by atoms with Gasteiger partial charge in [-0.15, -0.1) is 0 Å². The summed E-state index contributed by atoms with van der Waals surface area (Å²) in [7, 11) is 3.34. The number of carbonyl (C=O) groups is 1. The average molecular weight is 401 g/mol. The molecular formula is C18H23N7O4. The highest BCUT2D eigenvalue weighted by atomic mass is 16.3. The van der Waals surface area contributed by atoms with Crippen LogP contribution >= 0.6 is 0 Å². The molecule has 0 saturated heterocycles. The summed E-state index contributed by atoms with van der Waals surface area (Å²) in [4.78, 5) is 29.2. The third-order valence-corrected chi connectivity index (χ3v) is 4.33. The molecule has 0 fully saturated rings. The van der Waals surface area contributed by atoms with Crippen molar-refractivity contribution in [1.82, 2.24) is 24.5 Å². The van der Waals surface area contributed by atoms with Crippen molar-refractivity contribution in [2.24, 2.45) is 7.05 Å². The molecule has 0 aliphatic heterocycles. The van der Waals surface area contributed by atoms with Gasteiger partial charge in [0.15, 0.2) is 5.65 Å². The van der Waals surface area contributed by atoms with Crippen molar-refractivity contribution in [3.8, 4) is 0 Å². The quantitative estimate of drug-likeness (QED) is 0.362. The summed E-state index contributed by atoms with van der Waals surface area (Å²) < 4.78 is 2.89. The number of nitrogens with zero attached hydrogens (tertiary/aromatic N) is 4. The molecule has 1 amide bonds. The molecule has 0 radical (unpaired) electrons. The largest absolute Gasteiger partial charge is 0.393 e. The number of amides is 1. The lowest BCUT2D eigenvalue weighted by molar-refractivity contribution is 0.00321. The molecule has 0 spiro atoms. The highest BCUT2D eigenvalue weighted by molar-refractivity contribution is 6.00. The standard InChI is InChI=1S/C18H23N7O4/c1-18(29,10-26)9-20-16(27)11-8-21-25-14(19-2)7-13(23-15(11)25)22-12-5-4-6-24(3)17(12)28/h4-8,19,26,29H,9-10H2,1-3H3,(H,20,27)(H,22,23). The Bertz CT molecular complexity index is 1100. The van der Waals surface area contributed by atoms with Crippen molar-refractivity contribution in [3.05, 3.63) is 46.5 Å². The molecular weight excluding hydrogens is 378 g/mol. The van der Waals surface area contributed by atoms with Crippen LogP contribution in [-0.4, -0.2) is 61.1 Å². The Morgan fingerprint density at radius 2 is 2.14 bits per heavy atom. The highest BCUT2D eigenvalue weighted by Gasteiger charge is 2.22. The highest BCUT2D eigenvalue weighted by Crippen LogP contribution is 2.20. The average Bonchev–Trinajstić information content (AvgIpc) is 3.13. The van der Waals surface area contributed by atoms with Gasteiger partial charge in [-0.25, -0.2) is 4.98 Å². The fourth-order valence-electron chi connectivity index (χ4n) is 2.62. The van der Waals surface area contributed by atoms with E-state index in [1.807, 2.05) is 0 Å². The van der Waals surface area contributed by atoms with Crippen LogP contribution in [0.25, 0.3) is 5.65 Å². The maximum atomic E-state index is 12.6. The maximum Gasteiger partial charge on any atom is 0.274 e. The monoisotopic (exact) mass is 401 g/mol. The first-order chi connectivity index (χ1) is 13.8. The first-order valence-electron chi connectivity index (χ1n) is 8.86. The minimum absolute atomic E-state index is 0.142. The molecule has 0 aliphatic carbocycles. The number of nitrogens with one attached hydrogen (secondary N) is 3. The number of hydrogen-bond acceptors (Lipinski definition) is 8. The molecule has 29 heavy (non-hydrogen) atoms. The molecule has 0 aliphatic rings. The Balaban J connectivity index is 1.97. The normalized spacial score (nSPS) is 13.1. The fraction of sp³-hybridized carbons (Fsp3) is 0.333. The van der Waals surface area contributed by atoms with Crippen molar-refractivity contribution >= 4 is 28.9 Å². The first kappa shape index (κ1) is 20.3. The smallest absolute Gasteiger partial charge is 0.274 e. The number of aliphatic hydroxyl groups is 2. The third-order valence-electron chi connectivity index (χ3n) is 4.33. The number of pyridine rings is 1. The second-order valence-corrected chi connectivity index (χ2v) is 6.87.